The molecule has 0 atom stereocenters. The number of carbonyl (C=O) groups is 1. The van der Waals surface area contributed by atoms with Crippen LogP contribution in [0.3, 0.4) is 0 Å². The molecule has 0 saturated carbocycles. The van der Waals surface area contributed by atoms with Gasteiger partial charge in [-0.2, -0.15) is 0 Å². The Labute approximate surface area is 124 Å². The molecule has 0 aliphatic rings. The van der Waals surface area contributed by atoms with E-state index >= 15 is 0 Å². The maximum atomic E-state index is 11.8. The molecule has 0 bridgehead atoms. The van der Waals surface area contributed by atoms with Crippen LogP contribution in [0, 0.1) is 0 Å². The number of benzene rings is 2. The quantitative estimate of drug-likeness (QED) is 0.851. The fraction of sp³-hybridized carbons (Fsp3) is 0.235. The first-order valence-corrected chi connectivity index (χ1v) is 6.95. The summed E-state index contributed by atoms with van der Waals surface area (Å²) in [6, 6.07) is 17.1. The highest BCUT2D eigenvalue weighted by Gasteiger charge is 2.07. The third-order valence-corrected chi connectivity index (χ3v) is 2.84. The second-order valence-electron chi connectivity index (χ2n) is 4.43. The lowest BCUT2D eigenvalue weighted by atomic mass is 10.2. The Morgan fingerprint density at radius 2 is 1.57 bits per heavy atom. The average molecular weight is 285 g/mol. The van der Waals surface area contributed by atoms with E-state index in [0.717, 1.165) is 5.56 Å². The summed E-state index contributed by atoms with van der Waals surface area (Å²) >= 11 is 0. The first-order valence-electron chi connectivity index (χ1n) is 6.95. The number of hydrogen-bond acceptors (Lipinski definition) is 3. The molecule has 0 aliphatic heterocycles. The van der Waals surface area contributed by atoms with Crippen LogP contribution in [0.25, 0.3) is 0 Å². The van der Waals surface area contributed by atoms with Gasteiger partial charge in [0.2, 0.25) is 0 Å². The van der Waals surface area contributed by atoms with Crippen LogP contribution in [0.2, 0.25) is 0 Å². The van der Waals surface area contributed by atoms with Crippen LogP contribution in [-0.4, -0.2) is 19.1 Å². The van der Waals surface area contributed by atoms with Crippen molar-refractivity contribution >= 4 is 5.91 Å². The van der Waals surface area contributed by atoms with E-state index < -0.39 is 0 Å². The summed E-state index contributed by atoms with van der Waals surface area (Å²) in [5, 5.41) is 2.82. The summed E-state index contributed by atoms with van der Waals surface area (Å²) in [4.78, 5) is 11.8. The van der Waals surface area contributed by atoms with Crippen molar-refractivity contribution in [2.24, 2.45) is 0 Å². The first kappa shape index (κ1) is 14.9. The molecule has 2 aromatic carbocycles. The van der Waals surface area contributed by atoms with Gasteiger partial charge >= 0.3 is 0 Å². The maximum absolute atomic E-state index is 11.8. The van der Waals surface area contributed by atoms with Crippen LogP contribution in [0.1, 0.15) is 12.5 Å². The molecule has 0 aliphatic carbocycles. The minimum atomic E-state index is -0.162. The Kier molecular flexibility index (Phi) is 5.64. The maximum Gasteiger partial charge on any atom is 0.258 e. The minimum Gasteiger partial charge on any atom is -0.490 e. The summed E-state index contributed by atoms with van der Waals surface area (Å²) in [6.07, 6.45) is 0. The molecule has 1 N–H and O–H groups in total. The third-order valence-electron chi connectivity index (χ3n) is 2.84. The highest BCUT2D eigenvalue weighted by molar-refractivity contribution is 5.77. The monoisotopic (exact) mass is 285 g/mol. The Hall–Kier alpha value is -2.49. The van der Waals surface area contributed by atoms with Gasteiger partial charge in [-0.3, -0.25) is 4.79 Å². The van der Waals surface area contributed by atoms with Gasteiger partial charge in [0.1, 0.15) is 0 Å². The summed E-state index contributed by atoms with van der Waals surface area (Å²) < 4.78 is 10.9. The lowest BCUT2D eigenvalue weighted by Crippen LogP contribution is -2.28. The standard InChI is InChI=1S/C17H19NO3/c1-2-20-15-10-6-7-11-16(15)21-13-17(19)18-12-14-8-4-3-5-9-14/h3-11H,2,12-13H2,1H3,(H,18,19). The van der Waals surface area contributed by atoms with Gasteiger partial charge in [-0.05, 0) is 24.6 Å². The van der Waals surface area contributed by atoms with Crippen molar-refractivity contribution in [3.8, 4) is 11.5 Å². The number of nitrogens with one attached hydrogen (secondary N) is 1. The summed E-state index contributed by atoms with van der Waals surface area (Å²) in [6.45, 7) is 2.93. The van der Waals surface area contributed by atoms with E-state index in [1.165, 1.54) is 0 Å². The minimum absolute atomic E-state index is 0.0308. The van der Waals surface area contributed by atoms with Gasteiger partial charge in [-0.15, -0.1) is 0 Å². The Morgan fingerprint density at radius 1 is 0.952 bits per heavy atom. The molecular formula is C17H19NO3. The van der Waals surface area contributed by atoms with Crippen molar-refractivity contribution in [1.82, 2.24) is 5.32 Å². The Balaban J connectivity index is 1.81. The molecule has 0 saturated heterocycles. The normalized spacial score (nSPS) is 9.95. The Morgan fingerprint density at radius 3 is 2.24 bits per heavy atom. The number of hydrogen-bond donors (Lipinski definition) is 1. The predicted octanol–water partition coefficient (Wildman–Crippen LogP) is 2.78. The molecule has 0 spiro atoms. The zero-order valence-electron chi connectivity index (χ0n) is 12.0. The number of carbonyl (C=O) groups excluding carboxylic acids is 1. The van der Waals surface area contributed by atoms with E-state index in [1.807, 2.05) is 55.5 Å². The van der Waals surface area contributed by atoms with Gasteiger partial charge in [0.05, 0.1) is 6.61 Å². The van der Waals surface area contributed by atoms with Gasteiger partial charge in [-0.25, -0.2) is 0 Å². The number of amides is 1. The molecule has 21 heavy (non-hydrogen) atoms. The highest BCUT2D eigenvalue weighted by Crippen LogP contribution is 2.26. The van der Waals surface area contributed by atoms with Crippen molar-refractivity contribution in [3.63, 3.8) is 0 Å². The largest absolute Gasteiger partial charge is 0.490 e. The molecule has 4 heteroatoms. The van der Waals surface area contributed by atoms with E-state index in [2.05, 4.69) is 5.32 Å². The molecule has 110 valence electrons. The summed E-state index contributed by atoms with van der Waals surface area (Å²) in [5.41, 5.74) is 1.06. The van der Waals surface area contributed by atoms with E-state index in [1.54, 1.807) is 6.07 Å². The fourth-order valence-corrected chi connectivity index (χ4v) is 1.83. The van der Waals surface area contributed by atoms with Crippen LogP contribution >= 0.6 is 0 Å². The van der Waals surface area contributed by atoms with Crippen LogP contribution < -0.4 is 14.8 Å². The second kappa shape index (κ2) is 7.94. The van der Waals surface area contributed by atoms with Crippen molar-refractivity contribution in [2.75, 3.05) is 13.2 Å². The third kappa shape index (κ3) is 4.84. The average Bonchev–Trinajstić information content (AvgIpc) is 2.53. The van der Waals surface area contributed by atoms with Crippen LogP contribution in [0.5, 0.6) is 11.5 Å². The van der Waals surface area contributed by atoms with Crippen LogP contribution in [0.15, 0.2) is 54.6 Å². The molecular weight excluding hydrogens is 266 g/mol. The van der Waals surface area contributed by atoms with Crippen LogP contribution in [-0.2, 0) is 11.3 Å². The first-order chi connectivity index (χ1) is 10.3. The number of rotatable bonds is 7. The molecule has 0 heterocycles. The molecule has 1 amide bonds. The summed E-state index contributed by atoms with van der Waals surface area (Å²) in [7, 11) is 0. The highest BCUT2D eigenvalue weighted by atomic mass is 16.5. The molecule has 0 unspecified atom stereocenters. The summed E-state index contributed by atoms with van der Waals surface area (Å²) in [5.74, 6) is 1.07. The SMILES string of the molecule is CCOc1ccccc1OCC(=O)NCc1ccccc1. The molecule has 0 radical (unpaired) electrons. The molecule has 2 aromatic rings. The smallest absolute Gasteiger partial charge is 0.258 e. The Bertz CT molecular complexity index is 569. The molecule has 0 aromatic heterocycles. The van der Waals surface area contributed by atoms with Crippen molar-refractivity contribution < 1.29 is 14.3 Å². The van der Waals surface area contributed by atoms with Gasteiger partial charge in [0, 0.05) is 6.54 Å². The van der Waals surface area contributed by atoms with Crippen LogP contribution in [0.4, 0.5) is 0 Å². The van der Waals surface area contributed by atoms with Gasteiger partial charge < -0.3 is 14.8 Å². The van der Waals surface area contributed by atoms with Crippen molar-refractivity contribution in [2.45, 2.75) is 13.5 Å². The van der Waals surface area contributed by atoms with E-state index in [4.69, 9.17) is 9.47 Å². The molecule has 0 fully saturated rings. The van der Waals surface area contributed by atoms with Crippen molar-refractivity contribution in [1.29, 1.82) is 0 Å². The van der Waals surface area contributed by atoms with E-state index in [9.17, 15) is 4.79 Å². The molecule has 4 nitrogen and oxygen atoms in total. The van der Waals surface area contributed by atoms with Gasteiger partial charge in [0.15, 0.2) is 18.1 Å². The topological polar surface area (TPSA) is 47.6 Å². The van der Waals surface area contributed by atoms with Gasteiger partial charge in [-0.1, -0.05) is 42.5 Å². The zero-order valence-corrected chi connectivity index (χ0v) is 12.0. The predicted molar refractivity (Wildman–Crippen MR) is 81.4 cm³/mol. The molecule has 2 rings (SSSR count). The van der Waals surface area contributed by atoms with Gasteiger partial charge in [0.25, 0.3) is 5.91 Å². The second-order valence-corrected chi connectivity index (χ2v) is 4.43. The number of para-hydroxylation sites is 2. The lowest BCUT2D eigenvalue weighted by Gasteiger charge is -2.11. The number of ether oxygens (including phenoxy) is 2. The van der Waals surface area contributed by atoms with E-state index in [0.29, 0.717) is 24.7 Å². The van der Waals surface area contributed by atoms with E-state index in [-0.39, 0.29) is 12.5 Å². The zero-order chi connectivity index (χ0) is 14.9. The fourth-order valence-electron chi connectivity index (χ4n) is 1.83. The van der Waals surface area contributed by atoms with Crippen molar-refractivity contribution in [3.05, 3.63) is 60.2 Å². The lowest BCUT2D eigenvalue weighted by molar-refractivity contribution is -0.123.